The number of morpholine rings is 1. The van der Waals surface area contributed by atoms with Crippen LogP contribution in [0.3, 0.4) is 0 Å². The van der Waals surface area contributed by atoms with Gasteiger partial charge in [-0.25, -0.2) is 0 Å². The fourth-order valence-corrected chi connectivity index (χ4v) is 6.00. The Morgan fingerprint density at radius 1 is 1.06 bits per heavy atom. The molecule has 1 aliphatic heterocycles. The Morgan fingerprint density at radius 2 is 1.84 bits per heavy atom. The first kappa shape index (κ1) is 21.1. The van der Waals surface area contributed by atoms with Crippen molar-refractivity contribution in [2.75, 3.05) is 36.5 Å². The van der Waals surface area contributed by atoms with Crippen molar-refractivity contribution < 1.29 is 9.53 Å². The van der Waals surface area contributed by atoms with E-state index in [0.717, 1.165) is 44.1 Å². The first-order valence-corrected chi connectivity index (χ1v) is 12.6. The number of nitrogens with one attached hydrogen (secondary N) is 1. The van der Waals surface area contributed by atoms with E-state index in [1.165, 1.54) is 22.7 Å². The van der Waals surface area contributed by atoms with Crippen LogP contribution in [0.2, 0.25) is 0 Å². The number of thiophene rings is 1. The molecule has 6 nitrogen and oxygen atoms in total. The van der Waals surface area contributed by atoms with Gasteiger partial charge < -0.3 is 15.0 Å². The summed E-state index contributed by atoms with van der Waals surface area (Å²) in [7, 11) is 0. The van der Waals surface area contributed by atoms with Gasteiger partial charge in [-0.05, 0) is 35.9 Å². The van der Waals surface area contributed by atoms with E-state index in [4.69, 9.17) is 4.74 Å². The molecule has 0 saturated carbocycles. The molecule has 32 heavy (non-hydrogen) atoms. The average Bonchev–Trinajstić information content (AvgIpc) is 3.52. The molecule has 162 valence electrons. The van der Waals surface area contributed by atoms with Gasteiger partial charge in [-0.15, -0.1) is 21.5 Å². The topological polar surface area (TPSA) is 67.4 Å². The normalized spacial score (nSPS) is 13.8. The molecule has 1 N–H and O–H groups in total. The van der Waals surface area contributed by atoms with Crippen LogP contribution in [0.4, 0.5) is 10.7 Å². The zero-order chi connectivity index (χ0) is 21.8. The third kappa shape index (κ3) is 4.86. The van der Waals surface area contributed by atoms with Gasteiger partial charge in [-0.2, -0.15) is 0 Å². The molecule has 0 aliphatic carbocycles. The van der Waals surface area contributed by atoms with Crippen LogP contribution in [0.5, 0.6) is 0 Å². The minimum absolute atomic E-state index is 0.101. The number of anilines is 2. The Hall–Kier alpha value is -2.72. The van der Waals surface area contributed by atoms with Crippen molar-refractivity contribution in [2.24, 2.45) is 0 Å². The molecule has 0 spiro atoms. The van der Waals surface area contributed by atoms with E-state index in [9.17, 15) is 4.79 Å². The van der Waals surface area contributed by atoms with E-state index >= 15 is 0 Å². The molecule has 2 aromatic carbocycles. The molecule has 1 aliphatic rings. The van der Waals surface area contributed by atoms with Gasteiger partial charge in [0.25, 0.3) is 5.91 Å². The zero-order valence-corrected chi connectivity index (χ0v) is 19.5. The second-order valence-electron chi connectivity index (χ2n) is 7.08. The summed E-state index contributed by atoms with van der Waals surface area (Å²) in [4.78, 5) is 17.1. The summed E-state index contributed by atoms with van der Waals surface area (Å²) in [6, 6.07) is 20.0. The molecule has 0 bridgehead atoms. The summed E-state index contributed by atoms with van der Waals surface area (Å²) in [5.41, 5.74) is 4.68. The number of nitrogens with zero attached hydrogens (tertiary/aromatic N) is 3. The van der Waals surface area contributed by atoms with E-state index in [1.807, 2.05) is 48.5 Å². The van der Waals surface area contributed by atoms with Gasteiger partial charge >= 0.3 is 0 Å². The predicted octanol–water partition coefficient (Wildman–Crippen LogP) is 5.51. The smallest absolute Gasteiger partial charge is 0.265 e. The molecule has 5 rings (SSSR count). The molecule has 0 radical (unpaired) electrons. The van der Waals surface area contributed by atoms with Crippen molar-refractivity contribution in [3.63, 3.8) is 0 Å². The number of aromatic nitrogens is 2. The standard InChI is InChI=1S/C23H20N4O2S3/c28-21(25-17-6-8-18(9-7-17)31-23-26-24-15-30-23)20-14-19(16-4-2-1-3-5-16)22(32-20)27-10-12-29-13-11-27/h1-9,14-15H,10-13H2,(H,25,28). The minimum atomic E-state index is -0.101. The molecule has 1 amide bonds. The number of carbonyl (C=O) groups excluding carboxylic acids is 1. The van der Waals surface area contributed by atoms with Gasteiger partial charge in [0.15, 0.2) is 4.34 Å². The van der Waals surface area contributed by atoms with Crippen molar-refractivity contribution in [2.45, 2.75) is 9.24 Å². The van der Waals surface area contributed by atoms with Crippen molar-refractivity contribution in [1.29, 1.82) is 0 Å². The molecule has 1 saturated heterocycles. The fourth-order valence-electron chi connectivity index (χ4n) is 3.43. The first-order valence-electron chi connectivity index (χ1n) is 10.1. The Bertz CT molecular complexity index is 1170. The molecule has 1 fully saturated rings. The highest BCUT2D eigenvalue weighted by Gasteiger charge is 2.22. The molecular formula is C23H20N4O2S3. The van der Waals surface area contributed by atoms with Crippen molar-refractivity contribution in [3.8, 4) is 11.1 Å². The molecular weight excluding hydrogens is 460 g/mol. The van der Waals surface area contributed by atoms with Crippen LogP contribution in [-0.2, 0) is 4.74 Å². The second-order valence-corrected chi connectivity index (χ2v) is 10.3. The summed E-state index contributed by atoms with van der Waals surface area (Å²) in [6.45, 7) is 3.06. The van der Waals surface area contributed by atoms with Gasteiger partial charge in [0, 0.05) is 29.2 Å². The molecule has 0 atom stereocenters. The number of carbonyl (C=O) groups is 1. The molecule has 4 aromatic rings. The number of benzene rings is 2. The quantitative estimate of drug-likeness (QED) is 0.393. The number of ether oxygens (including phenoxy) is 1. The van der Waals surface area contributed by atoms with Crippen LogP contribution in [0.15, 0.2) is 75.4 Å². The lowest BCUT2D eigenvalue weighted by atomic mass is 10.1. The first-order chi connectivity index (χ1) is 15.8. The maximum absolute atomic E-state index is 13.1. The number of amides is 1. The highest BCUT2D eigenvalue weighted by molar-refractivity contribution is 8.01. The lowest BCUT2D eigenvalue weighted by Gasteiger charge is -2.28. The lowest BCUT2D eigenvalue weighted by molar-refractivity contribution is 0.103. The Balaban J connectivity index is 1.35. The summed E-state index contributed by atoms with van der Waals surface area (Å²) in [5.74, 6) is -0.101. The van der Waals surface area contributed by atoms with Gasteiger partial charge in [0.2, 0.25) is 0 Å². The van der Waals surface area contributed by atoms with Crippen LogP contribution >= 0.6 is 34.4 Å². The summed E-state index contributed by atoms with van der Waals surface area (Å²) in [5, 5.41) is 12.1. The van der Waals surface area contributed by atoms with E-state index in [0.29, 0.717) is 18.1 Å². The van der Waals surface area contributed by atoms with Crippen LogP contribution in [0.1, 0.15) is 9.67 Å². The summed E-state index contributed by atoms with van der Waals surface area (Å²) >= 11 is 4.59. The third-order valence-corrected chi connectivity index (χ3v) is 7.96. The molecule has 3 heterocycles. The summed E-state index contributed by atoms with van der Waals surface area (Å²) in [6.07, 6.45) is 0. The highest BCUT2D eigenvalue weighted by Crippen LogP contribution is 2.39. The SMILES string of the molecule is O=C(Nc1ccc(Sc2nncs2)cc1)c1cc(-c2ccccc2)c(N2CCOCC2)s1. The maximum atomic E-state index is 13.1. The largest absolute Gasteiger partial charge is 0.378 e. The fraction of sp³-hybridized carbons (Fsp3) is 0.174. The van der Waals surface area contributed by atoms with E-state index in [1.54, 1.807) is 17.3 Å². The Kier molecular flexibility index (Phi) is 6.49. The maximum Gasteiger partial charge on any atom is 0.265 e. The molecule has 2 aromatic heterocycles. The van der Waals surface area contributed by atoms with Crippen molar-refractivity contribution in [3.05, 3.63) is 71.1 Å². The van der Waals surface area contributed by atoms with Crippen LogP contribution in [0, 0.1) is 0 Å². The minimum Gasteiger partial charge on any atom is -0.378 e. The van der Waals surface area contributed by atoms with E-state index in [-0.39, 0.29) is 5.91 Å². The van der Waals surface area contributed by atoms with Gasteiger partial charge in [0.1, 0.15) is 5.51 Å². The van der Waals surface area contributed by atoms with E-state index in [2.05, 4.69) is 32.5 Å². The molecule has 9 heteroatoms. The number of rotatable bonds is 6. The van der Waals surface area contributed by atoms with Crippen LogP contribution in [0.25, 0.3) is 11.1 Å². The van der Waals surface area contributed by atoms with Gasteiger partial charge in [-0.3, -0.25) is 4.79 Å². The van der Waals surface area contributed by atoms with Crippen molar-refractivity contribution >= 4 is 51.0 Å². The van der Waals surface area contributed by atoms with Crippen molar-refractivity contribution in [1.82, 2.24) is 10.2 Å². The van der Waals surface area contributed by atoms with Crippen LogP contribution < -0.4 is 10.2 Å². The number of hydrogen-bond acceptors (Lipinski definition) is 8. The average molecular weight is 481 g/mol. The Labute approximate surface area is 198 Å². The lowest BCUT2D eigenvalue weighted by Crippen LogP contribution is -2.35. The van der Waals surface area contributed by atoms with Crippen LogP contribution in [-0.4, -0.2) is 42.4 Å². The zero-order valence-electron chi connectivity index (χ0n) is 17.1. The predicted molar refractivity (Wildman–Crippen MR) is 131 cm³/mol. The second kappa shape index (κ2) is 9.83. The Morgan fingerprint density at radius 3 is 2.56 bits per heavy atom. The van der Waals surface area contributed by atoms with Gasteiger partial charge in [0.05, 0.1) is 23.1 Å². The monoisotopic (exact) mass is 480 g/mol. The third-order valence-electron chi connectivity index (χ3n) is 4.98. The van der Waals surface area contributed by atoms with E-state index < -0.39 is 0 Å². The molecule has 0 unspecified atom stereocenters. The van der Waals surface area contributed by atoms with Gasteiger partial charge in [-0.1, -0.05) is 53.4 Å². The highest BCUT2D eigenvalue weighted by atomic mass is 32.2. The summed E-state index contributed by atoms with van der Waals surface area (Å²) < 4.78 is 6.41. The number of hydrogen-bond donors (Lipinski definition) is 1.